The van der Waals surface area contributed by atoms with Crippen LogP contribution < -0.4 is 0 Å². The van der Waals surface area contributed by atoms with Gasteiger partial charge in [-0.2, -0.15) is 0 Å². The Bertz CT molecular complexity index is 1120. The maximum absolute atomic E-state index is 11.0. The van der Waals surface area contributed by atoms with E-state index in [2.05, 4.69) is 65.8 Å². The lowest BCUT2D eigenvalue weighted by Crippen LogP contribution is -2.17. The summed E-state index contributed by atoms with van der Waals surface area (Å²) in [5.41, 5.74) is 5.21. The van der Waals surface area contributed by atoms with Crippen molar-refractivity contribution in [3.05, 3.63) is 76.7 Å². The van der Waals surface area contributed by atoms with Gasteiger partial charge >= 0.3 is 0 Å². The first-order chi connectivity index (χ1) is 16.9. The zero-order valence-electron chi connectivity index (χ0n) is 23.0. The lowest BCUT2D eigenvalue weighted by atomic mass is 9.78. The number of hydrogen-bond acceptors (Lipinski definition) is 5. The van der Waals surface area contributed by atoms with Crippen molar-refractivity contribution in [1.82, 2.24) is 4.98 Å². The number of phenolic OH excluding ortho intramolecular Hbond substituents is 1. The van der Waals surface area contributed by atoms with Crippen LogP contribution in [0.25, 0.3) is 17.5 Å². The molecule has 0 unspecified atom stereocenters. The second kappa shape index (κ2) is 11.4. The predicted molar refractivity (Wildman–Crippen MR) is 146 cm³/mol. The second-order valence-corrected chi connectivity index (χ2v) is 11.1. The summed E-state index contributed by atoms with van der Waals surface area (Å²) >= 11 is 0. The van der Waals surface area contributed by atoms with E-state index < -0.39 is 0 Å². The van der Waals surface area contributed by atoms with Crippen LogP contribution in [0.1, 0.15) is 89.6 Å². The molecule has 3 rings (SSSR count). The Hall–Kier alpha value is -2.89. The number of phenols is 1. The summed E-state index contributed by atoms with van der Waals surface area (Å²) in [5.74, 6) is 0.921. The molecule has 0 radical (unpaired) electrons. The number of ether oxygens (including phenoxy) is 2. The summed E-state index contributed by atoms with van der Waals surface area (Å²) in [7, 11) is 0. The van der Waals surface area contributed by atoms with E-state index in [1.807, 2.05) is 38.1 Å². The molecule has 1 N–H and O–H groups in total. The molecule has 0 bridgehead atoms. The van der Waals surface area contributed by atoms with Crippen LogP contribution in [0.5, 0.6) is 5.75 Å². The van der Waals surface area contributed by atoms with Crippen LogP contribution in [-0.2, 0) is 26.7 Å². The Labute approximate surface area is 216 Å². The van der Waals surface area contributed by atoms with E-state index in [-0.39, 0.29) is 17.1 Å². The van der Waals surface area contributed by atoms with Crippen LogP contribution in [0.15, 0.2) is 53.2 Å². The van der Waals surface area contributed by atoms with E-state index in [1.54, 1.807) is 6.26 Å². The number of aromatic nitrogens is 1. The van der Waals surface area contributed by atoms with Gasteiger partial charge in [0.15, 0.2) is 6.29 Å². The third kappa shape index (κ3) is 6.86. The van der Waals surface area contributed by atoms with Gasteiger partial charge in [-0.1, -0.05) is 78.0 Å². The van der Waals surface area contributed by atoms with E-state index in [4.69, 9.17) is 18.9 Å². The van der Waals surface area contributed by atoms with Crippen molar-refractivity contribution >= 4 is 6.08 Å². The SMILES string of the molecule is CCOC(OCC)c1ccc(/C=C\Cc2coc(-c3cc(C(C)(C)C)c(O)c(C(C)(C)C)c3)n2)cc1. The van der Waals surface area contributed by atoms with E-state index >= 15 is 0 Å². The molecule has 194 valence electrons. The van der Waals surface area contributed by atoms with Crippen LogP contribution in [-0.4, -0.2) is 23.3 Å². The fourth-order valence-corrected chi connectivity index (χ4v) is 4.06. The number of rotatable bonds is 9. The molecule has 0 saturated carbocycles. The normalized spacial score (nSPS) is 12.7. The first-order valence-corrected chi connectivity index (χ1v) is 12.8. The summed E-state index contributed by atoms with van der Waals surface area (Å²) in [5, 5.41) is 11.0. The Kier molecular flexibility index (Phi) is 8.80. The highest BCUT2D eigenvalue weighted by atomic mass is 16.7. The van der Waals surface area contributed by atoms with E-state index in [0.29, 0.717) is 31.3 Å². The van der Waals surface area contributed by atoms with Gasteiger partial charge in [0.1, 0.15) is 12.0 Å². The molecule has 1 aromatic heterocycles. The topological polar surface area (TPSA) is 64.7 Å². The molecule has 1 heterocycles. The average molecular weight is 492 g/mol. The summed E-state index contributed by atoms with van der Waals surface area (Å²) in [6.45, 7) is 17.7. The highest BCUT2D eigenvalue weighted by Gasteiger charge is 2.27. The molecule has 3 aromatic rings. The molecule has 0 amide bonds. The van der Waals surface area contributed by atoms with Crippen molar-refractivity contribution in [2.24, 2.45) is 0 Å². The predicted octanol–water partition coefficient (Wildman–Crippen LogP) is 7.97. The number of benzene rings is 2. The summed E-state index contributed by atoms with van der Waals surface area (Å²) in [4.78, 5) is 4.73. The molecular weight excluding hydrogens is 450 g/mol. The maximum atomic E-state index is 11.0. The lowest BCUT2D eigenvalue weighted by Gasteiger charge is -2.27. The van der Waals surface area contributed by atoms with Gasteiger partial charge in [0.2, 0.25) is 5.89 Å². The van der Waals surface area contributed by atoms with E-state index in [0.717, 1.165) is 33.5 Å². The summed E-state index contributed by atoms with van der Waals surface area (Å²) in [6.07, 6.45) is 6.19. The quantitative estimate of drug-likeness (QED) is 0.308. The molecule has 0 atom stereocenters. The van der Waals surface area contributed by atoms with Crippen LogP contribution in [0.3, 0.4) is 0 Å². The molecule has 0 spiro atoms. The number of oxazole rings is 1. The van der Waals surface area contributed by atoms with Gasteiger partial charge in [-0.05, 0) is 42.4 Å². The monoisotopic (exact) mass is 491 g/mol. The third-order valence-corrected chi connectivity index (χ3v) is 6.01. The first-order valence-electron chi connectivity index (χ1n) is 12.8. The maximum Gasteiger partial charge on any atom is 0.226 e. The molecule has 36 heavy (non-hydrogen) atoms. The van der Waals surface area contributed by atoms with Gasteiger partial charge in [-0.15, -0.1) is 0 Å². The molecule has 2 aromatic carbocycles. The largest absolute Gasteiger partial charge is 0.507 e. The van der Waals surface area contributed by atoms with E-state index in [1.165, 1.54) is 0 Å². The molecular formula is C31H41NO4. The number of aromatic hydroxyl groups is 1. The smallest absolute Gasteiger partial charge is 0.226 e. The summed E-state index contributed by atoms with van der Waals surface area (Å²) < 4.78 is 17.2. The Morgan fingerprint density at radius 2 is 1.47 bits per heavy atom. The van der Waals surface area contributed by atoms with Gasteiger partial charge in [0.25, 0.3) is 0 Å². The molecule has 0 aliphatic rings. The average Bonchev–Trinajstić information content (AvgIpc) is 3.27. The molecule has 5 heteroatoms. The highest BCUT2D eigenvalue weighted by molar-refractivity contribution is 5.63. The molecule has 0 fully saturated rings. The fraction of sp³-hybridized carbons (Fsp3) is 0.452. The van der Waals surface area contributed by atoms with Crippen molar-refractivity contribution in [3.8, 4) is 17.2 Å². The minimum absolute atomic E-state index is 0.209. The third-order valence-electron chi connectivity index (χ3n) is 6.01. The van der Waals surface area contributed by atoms with Gasteiger partial charge in [-0.3, -0.25) is 0 Å². The number of allylic oxidation sites excluding steroid dienone is 1. The lowest BCUT2D eigenvalue weighted by molar-refractivity contribution is -0.140. The molecule has 5 nitrogen and oxygen atoms in total. The molecule has 0 aliphatic carbocycles. The second-order valence-electron chi connectivity index (χ2n) is 11.1. The Morgan fingerprint density at radius 3 is 1.97 bits per heavy atom. The van der Waals surface area contributed by atoms with Crippen LogP contribution >= 0.6 is 0 Å². The molecule has 0 aliphatic heterocycles. The van der Waals surface area contributed by atoms with Crippen molar-refractivity contribution < 1.29 is 19.0 Å². The fourth-order valence-electron chi connectivity index (χ4n) is 4.06. The van der Waals surface area contributed by atoms with Crippen LogP contribution in [0, 0.1) is 0 Å². The number of nitrogens with zero attached hydrogens (tertiary/aromatic N) is 1. The first kappa shape index (κ1) is 27.7. The van der Waals surface area contributed by atoms with Crippen LogP contribution in [0.4, 0.5) is 0 Å². The zero-order chi connectivity index (χ0) is 26.5. The van der Waals surface area contributed by atoms with Crippen molar-refractivity contribution in [3.63, 3.8) is 0 Å². The minimum atomic E-state index is -0.330. The molecule has 0 saturated heterocycles. The van der Waals surface area contributed by atoms with Crippen molar-refractivity contribution in [2.75, 3.05) is 13.2 Å². The summed E-state index contributed by atoms with van der Waals surface area (Å²) in [6, 6.07) is 12.2. The van der Waals surface area contributed by atoms with Crippen molar-refractivity contribution in [1.29, 1.82) is 0 Å². The minimum Gasteiger partial charge on any atom is -0.507 e. The van der Waals surface area contributed by atoms with E-state index in [9.17, 15) is 5.11 Å². The highest BCUT2D eigenvalue weighted by Crippen LogP contribution is 2.41. The van der Waals surface area contributed by atoms with Gasteiger partial charge < -0.3 is 19.0 Å². The van der Waals surface area contributed by atoms with Gasteiger partial charge in [0, 0.05) is 41.9 Å². The Morgan fingerprint density at radius 1 is 0.917 bits per heavy atom. The zero-order valence-corrected chi connectivity index (χ0v) is 23.0. The van der Waals surface area contributed by atoms with Gasteiger partial charge in [-0.25, -0.2) is 4.98 Å². The van der Waals surface area contributed by atoms with Crippen molar-refractivity contribution in [2.45, 2.75) is 78.9 Å². The van der Waals surface area contributed by atoms with Gasteiger partial charge in [0.05, 0.1) is 5.69 Å². The van der Waals surface area contributed by atoms with Crippen LogP contribution in [0.2, 0.25) is 0 Å². The number of hydrogen-bond donors (Lipinski definition) is 1. The standard InChI is InChI=1S/C31H41NO4/c1-9-34-29(35-10-2)22-16-14-21(15-17-22)12-11-13-24-20-36-28(32-24)23-18-25(30(3,4)5)27(33)26(19-23)31(6,7)8/h11-12,14-20,29,33H,9-10,13H2,1-8H3/b12-11-. The Balaban J connectivity index is 1.77.